The summed E-state index contributed by atoms with van der Waals surface area (Å²) in [7, 11) is 9.25. The highest BCUT2D eigenvalue weighted by Crippen LogP contribution is 2.38. The number of methoxy groups -OCH3 is 2. The number of rotatable bonds is 12. The Hall–Kier alpha value is -4.18. The van der Waals surface area contributed by atoms with Crippen LogP contribution in [0, 0.1) is 0 Å². The lowest BCUT2D eigenvalue weighted by Crippen LogP contribution is -2.29. The molecule has 0 saturated heterocycles. The Morgan fingerprint density at radius 1 is 1.03 bits per heavy atom. The number of aromatic nitrogens is 3. The topological polar surface area (TPSA) is 105 Å². The fourth-order valence-corrected chi connectivity index (χ4v) is 3.85. The summed E-state index contributed by atoms with van der Waals surface area (Å²) in [5.74, 6) is 2.21. The molecule has 2 N–H and O–H groups in total. The first-order valence-electron chi connectivity index (χ1n) is 12.3. The first kappa shape index (κ1) is 28.4. The lowest BCUT2D eigenvalue weighted by Gasteiger charge is -2.26. The van der Waals surface area contributed by atoms with E-state index in [0.717, 1.165) is 35.7 Å². The van der Waals surface area contributed by atoms with Crippen molar-refractivity contribution in [2.45, 2.75) is 19.8 Å². The van der Waals surface area contributed by atoms with Gasteiger partial charge in [0.25, 0.3) is 0 Å². The number of carbonyl (C=O) groups is 1. The highest BCUT2D eigenvalue weighted by atomic mass is 16.5. The van der Waals surface area contributed by atoms with Crippen molar-refractivity contribution in [3.63, 3.8) is 0 Å². The van der Waals surface area contributed by atoms with Crippen LogP contribution in [0.5, 0.6) is 11.5 Å². The van der Waals surface area contributed by atoms with Crippen LogP contribution in [0.2, 0.25) is 0 Å². The van der Waals surface area contributed by atoms with Gasteiger partial charge in [0, 0.05) is 31.8 Å². The Bertz CT molecular complexity index is 1280. The van der Waals surface area contributed by atoms with Gasteiger partial charge in [0.05, 0.1) is 31.3 Å². The van der Waals surface area contributed by atoms with E-state index in [0.29, 0.717) is 28.9 Å². The van der Waals surface area contributed by atoms with E-state index in [2.05, 4.69) is 55.8 Å². The van der Waals surface area contributed by atoms with Gasteiger partial charge in [-0.15, -0.1) is 0 Å². The molecule has 10 nitrogen and oxygen atoms in total. The number of hydrogen-bond acceptors (Lipinski definition) is 9. The van der Waals surface area contributed by atoms with Crippen molar-refractivity contribution in [1.29, 1.82) is 0 Å². The maximum absolute atomic E-state index is 12.2. The van der Waals surface area contributed by atoms with E-state index in [1.807, 2.05) is 45.4 Å². The zero-order chi connectivity index (χ0) is 27.8. The van der Waals surface area contributed by atoms with Crippen molar-refractivity contribution in [1.82, 2.24) is 19.9 Å². The summed E-state index contributed by atoms with van der Waals surface area (Å²) in [5.41, 5.74) is 3.92. The number of anilines is 4. The standard InChI is InChI=1S/C28H37N7O3/c1-9-26(36)31-21-15-22(25(38-8)16-23(21)35(6)13-12-34(4)5)32-28-30-17-29-27(33-28)19-10-11-24(37-7)20(14-19)18(2)3/h9-11,14-18H,1,12-13H2,2-8H3,(H,31,36)(H,29,30,32,33). The number of likely N-dealkylation sites (N-methyl/N-ethyl adjacent to an activating group) is 2. The Kier molecular flexibility index (Phi) is 9.61. The van der Waals surface area contributed by atoms with Crippen molar-refractivity contribution in [2.75, 3.05) is 64.0 Å². The Morgan fingerprint density at radius 3 is 2.39 bits per heavy atom. The van der Waals surface area contributed by atoms with E-state index < -0.39 is 0 Å². The van der Waals surface area contributed by atoms with Crippen LogP contribution >= 0.6 is 0 Å². The number of amides is 1. The molecule has 0 unspecified atom stereocenters. The van der Waals surface area contributed by atoms with Crippen molar-refractivity contribution < 1.29 is 14.3 Å². The average molecular weight is 520 g/mol. The summed E-state index contributed by atoms with van der Waals surface area (Å²) in [6.07, 6.45) is 2.69. The highest BCUT2D eigenvalue weighted by molar-refractivity contribution is 6.02. The minimum absolute atomic E-state index is 0.271. The number of nitrogens with zero attached hydrogens (tertiary/aromatic N) is 5. The molecule has 38 heavy (non-hydrogen) atoms. The van der Waals surface area contributed by atoms with Crippen LogP contribution in [-0.4, -0.2) is 74.2 Å². The normalized spacial score (nSPS) is 10.9. The van der Waals surface area contributed by atoms with Gasteiger partial charge in [0.15, 0.2) is 5.82 Å². The minimum atomic E-state index is -0.314. The predicted molar refractivity (Wildman–Crippen MR) is 153 cm³/mol. The second-order valence-electron chi connectivity index (χ2n) is 9.36. The van der Waals surface area contributed by atoms with Gasteiger partial charge in [0.2, 0.25) is 11.9 Å². The molecule has 0 aliphatic rings. The molecular formula is C28H37N7O3. The van der Waals surface area contributed by atoms with E-state index in [1.54, 1.807) is 20.3 Å². The summed E-state index contributed by atoms with van der Waals surface area (Å²) in [6, 6.07) is 9.55. The number of ether oxygens (including phenoxy) is 2. The summed E-state index contributed by atoms with van der Waals surface area (Å²) < 4.78 is 11.2. The van der Waals surface area contributed by atoms with E-state index in [-0.39, 0.29) is 11.8 Å². The number of nitrogens with one attached hydrogen (secondary N) is 2. The average Bonchev–Trinajstić information content (AvgIpc) is 2.91. The second-order valence-corrected chi connectivity index (χ2v) is 9.36. The van der Waals surface area contributed by atoms with E-state index >= 15 is 0 Å². The maximum atomic E-state index is 12.2. The molecule has 10 heteroatoms. The molecule has 1 heterocycles. The Morgan fingerprint density at radius 2 is 1.76 bits per heavy atom. The van der Waals surface area contributed by atoms with Crippen molar-refractivity contribution in [2.24, 2.45) is 0 Å². The maximum Gasteiger partial charge on any atom is 0.247 e. The molecule has 3 aromatic rings. The van der Waals surface area contributed by atoms with Gasteiger partial charge in [-0.25, -0.2) is 9.97 Å². The summed E-state index contributed by atoms with van der Waals surface area (Å²) >= 11 is 0. The molecule has 0 radical (unpaired) electrons. The molecule has 1 amide bonds. The van der Waals surface area contributed by atoms with E-state index in [4.69, 9.17) is 9.47 Å². The van der Waals surface area contributed by atoms with Crippen LogP contribution in [0.3, 0.4) is 0 Å². The minimum Gasteiger partial charge on any atom is -0.496 e. The molecule has 0 fully saturated rings. The summed E-state index contributed by atoms with van der Waals surface area (Å²) in [6.45, 7) is 9.38. The van der Waals surface area contributed by atoms with Gasteiger partial charge >= 0.3 is 0 Å². The van der Waals surface area contributed by atoms with Crippen LogP contribution in [0.4, 0.5) is 23.0 Å². The smallest absolute Gasteiger partial charge is 0.247 e. The molecule has 0 aliphatic heterocycles. The fourth-order valence-electron chi connectivity index (χ4n) is 3.85. The lowest BCUT2D eigenvalue weighted by atomic mass is 9.99. The first-order chi connectivity index (χ1) is 18.2. The first-order valence-corrected chi connectivity index (χ1v) is 12.3. The molecule has 0 spiro atoms. The molecule has 0 saturated carbocycles. The predicted octanol–water partition coefficient (Wildman–Crippen LogP) is 4.55. The number of hydrogen-bond donors (Lipinski definition) is 2. The van der Waals surface area contributed by atoms with Crippen LogP contribution in [-0.2, 0) is 4.79 Å². The monoisotopic (exact) mass is 519 g/mol. The van der Waals surface area contributed by atoms with E-state index in [9.17, 15) is 4.79 Å². The van der Waals surface area contributed by atoms with Crippen LogP contribution in [0.1, 0.15) is 25.3 Å². The van der Waals surface area contributed by atoms with Gasteiger partial charge in [-0.05, 0) is 55.9 Å². The van der Waals surface area contributed by atoms with Crippen LogP contribution in [0.15, 0.2) is 49.3 Å². The molecule has 0 atom stereocenters. The fraction of sp³-hybridized carbons (Fsp3) is 0.357. The second kappa shape index (κ2) is 12.9. The van der Waals surface area contributed by atoms with Gasteiger partial charge in [-0.2, -0.15) is 4.98 Å². The largest absolute Gasteiger partial charge is 0.496 e. The third kappa shape index (κ3) is 6.98. The van der Waals surface area contributed by atoms with E-state index in [1.165, 1.54) is 12.4 Å². The number of benzene rings is 2. The van der Waals surface area contributed by atoms with Crippen LogP contribution < -0.4 is 25.0 Å². The molecule has 3 rings (SSSR count). The molecule has 0 aliphatic carbocycles. The Balaban J connectivity index is 1.99. The quantitative estimate of drug-likeness (QED) is 0.334. The molecular weight excluding hydrogens is 482 g/mol. The zero-order valence-corrected chi connectivity index (χ0v) is 23.2. The number of carbonyl (C=O) groups excluding carboxylic acids is 1. The Labute approximate surface area is 224 Å². The van der Waals surface area contributed by atoms with Crippen molar-refractivity contribution in [3.8, 4) is 22.9 Å². The van der Waals surface area contributed by atoms with Gasteiger partial charge < -0.3 is 29.9 Å². The zero-order valence-electron chi connectivity index (χ0n) is 23.2. The van der Waals surface area contributed by atoms with Crippen LogP contribution in [0.25, 0.3) is 11.4 Å². The van der Waals surface area contributed by atoms with Crippen molar-refractivity contribution >= 4 is 28.9 Å². The molecule has 2 aromatic carbocycles. The molecule has 1 aromatic heterocycles. The van der Waals surface area contributed by atoms with Crippen molar-refractivity contribution in [3.05, 3.63) is 54.9 Å². The summed E-state index contributed by atoms with van der Waals surface area (Å²) in [5, 5.41) is 6.12. The third-order valence-electron chi connectivity index (χ3n) is 5.98. The van der Waals surface area contributed by atoms with Gasteiger partial charge in [-0.1, -0.05) is 20.4 Å². The van der Waals surface area contributed by atoms with Gasteiger partial charge in [0.1, 0.15) is 17.8 Å². The SMILES string of the molecule is C=CC(=O)Nc1cc(Nc2ncnc(-c3ccc(OC)c(C(C)C)c3)n2)c(OC)cc1N(C)CCN(C)C. The molecule has 202 valence electrons. The summed E-state index contributed by atoms with van der Waals surface area (Å²) in [4.78, 5) is 29.7. The molecule has 0 bridgehead atoms. The lowest BCUT2D eigenvalue weighted by molar-refractivity contribution is -0.111. The third-order valence-corrected chi connectivity index (χ3v) is 5.98. The van der Waals surface area contributed by atoms with Gasteiger partial charge in [-0.3, -0.25) is 4.79 Å². The highest BCUT2D eigenvalue weighted by Gasteiger charge is 2.17.